The number of carbonyl (C=O) groups excluding carboxylic acids is 2. The number of halogens is 2. The second-order valence-electron chi connectivity index (χ2n) is 16.7. The van der Waals surface area contributed by atoms with Crippen molar-refractivity contribution in [3.05, 3.63) is 52.7 Å². The topological polar surface area (TPSA) is 37.4 Å². The summed E-state index contributed by atoms with van der Waals surface area (Å²) in [6.07, 6.45) is 31.5. The number of carbonyl (C=O) groups is 2. The molecule has 7 heteroatoms. The Morgan fingerprint density at radius 3 is 1.55 bits per heavy atom. The summed E-state index contributed by atoms with van der Waals surface area (Å²) in [5, 5.41) is 0. The highest BCUT2D eigenvalue weighted by atomic mass is 79.9. The van der Waals surface area contributed by atoms with Gasteiger partial charge < -0.3 is 4.90 Å². The van der Waals surface area contributed by atoms with Crippen LogP contribution in [0.25, 0.3) is 11.3 Å². The van der Waals surface area contributed by atoms with Gasteiger partial charge in [0, 0.05) is 17.8 Å². The van der Waals surface area contributed by atoms with Crippen molar-refractivity contribution in [3.8, 4) is 0 Å². The van der Waals surface area contributed by atoms with Gasteiger partial charge in [0.25, 0.3) is 5.91 Å². The fraction of sp³-hybridized carbons (Fsp3) is 0.708. The first-order valence-corrected chi connectivity index (χ1v) is 25.9. The van der Waals surface area contributed by atoms with E-state index in [1.807, 2.05) is 0 Å². The van der Waals surface area contributed by atoms with E-state index in [0.717, 1.165) is 59.9 Å². The molecule has 1 amide bonds. The summed E-state index contributed by atoms with van der Waals surface area (Å²) < 4.78 is 2.12. The minimum absolute atomic E-state index is 0.0786. The van der Waals surface area contributed by atoms with Crippen LogP contribution in [0.5, 0.6) is 0 Å². The first kappa shape index (κ1) is 46.7. The maximum Gasteiger partial charge on any atom is 0.259 e. The number of ketones is 1. The zero-order valence-corrected chi connectivity index (χ0v) is 39.8. The monoisotopic (exact) mass is 917 g/mol. The van der Waals surface area contributed by atoms with Crippen molar-refractivity contribution in [1.82, 2.24) is 4.90 Å². The lowest BCUT2D eigenvalue weighted by atomic mass is 9.80. The van der Waals surface area contributed by atoms with Crippen LogP contribution < -0.4 is 0 Å². The molecule has 2 aliphatic rings. The van der Waals surface area contributed by atoms with Crippen LogP contribution >= 0.6 is 54.5 Å². The first-order chi connectivity index (χ1) is 26.8. The van der Waals surface area contributed by atoms with Gasteiger partial charge >= 0.3 is 0 Å². The van der Waals surface area contributed by atoms with Gasteiger partial charge in [0.15, 0.2) is 5.78 Å². The standard InChI is InChI=1S/C48H73Br2NO2S2/c1-5-9-13-17-19-23-27-37(26-21-16-12-8-4)35-51-47(41-31-33-43(50)55-41)45-39(52)29-28-38(44(46(45)48(51)53)40-30-32-42(49)54-40)34-36(24-20-15-11-7-3)25-22-18-14-10-6-2/h30-33,36-38H,5-29,34-35H2,1-4H3. The van der Waals surface area contributed by atoms with Crippen LogP contribution in [0.4, 0.5) is 0 Å². The average Bonchev–Trinajstić information content (AvgIpc) is 3.86. The number of Topliss-reactive ketones (excluding diaryl/α,β-unsaturated/α-hetero) is 1. The Morgan fingerprint density at radius 1 is 0.600 bits per heavy atom. The third kappa shape index (κ3) is 14.6. The molecule has 3 heterocycles. The number of rotatable bonds is 29. The summed E-state index contributed by atoms with van der Waals surface area (Å²) in [5.74, 6) is 1.49. The maximum absolute atomic E-state index is 15.4. The van der Waals surface area contributed by atoms with Crippen molar-refractivity contribution >= 4 is 77.5 Å². The maximum atomic E-state index is 15.4. The van der Waals surface area contributed by atoms with Crippen molar-refractivity contribution in [2.24, 2.45) is 17.8 Å². The summed E-state index contributed by atoms with van der Waals surface area (Å²) in [6.45, 7) is 9.86. The Kier molecular flexibility index (Phi) is 22.2. The molecule has 0 saturated carbocycles. The van der Waals surface area contributed by atoms with Crippen LogP contribution in [0.15, 0.2) is 43.0 Å². The molecule has 3 atom stereocenters. The number of allylic oxidation sites excluding steroid dienone is 1. The summed E-state index contributed by atoms with van der Waals surface area (Å²) >= 11 is 10.9. The Hall–Kier alpha value is -1.02. The second-order valence-corrected chi connectivity index (χ2v) is 21.6. The molecule has 0 spiro atoms. The largest absolute Gasteiger partial charge is 0.306 e. The first-order valence-electron chi connectivity index (χ1n) is 22.7. The van der Waals surface area contributed by atoms with Crippen LogP contribution in [-0.4, -0.2) is 23.1 Å². The van der Waals surface area contributed by atoms with Crippen LogP contribution in [-0.2, 0) is 9.59 Å². The highest BCUT2D eigenvalue weighted by Crippen LogP contribution is 2.50. The van der Waals surface area contributed by atoms with Gasteiger partial charge in [-0.1, -0.05) is 163 Å². The number of unbranched alkanes of at least 4 members (excludes halogenated alkanes) is 15. The zero-order chi connectivity index (χ0) is 39.4. The molecule has 55 heavy (non-hydrogen) atoms. The molecule has 3 unspecified atom stereocenters. The predicted molar refractivity (Wildman–Crippen MR) is 248 cm³/mol. The van der Waals surface area contributed by atoms with Gasteiger partial charge in [-0.2, -0.15) is 0 Å². The fourth-order valence-electron chi connectivity index (χ4n) is 9.13. The van der Waals surface area contributed by atoms with E-state index >= 15 is 4.79 Å². The molecular formula is C48H73Br2NO2S2. The van der Waals surface area contributed by atoms with Gasteiger partial charge in [0.05, 0.1) is 29.3 Å². The quantitative estimate of drug-likeness (QED) is 0.0763. The molecule has 0 bridgehead atoms. The molecule has 2 aromatic heterocycles. The molecule has 1 aliphatic carbocycles. The Labute approximate surface area is 361 Å². The van der Waals surface area contributed by atoms with Crippen LogP contribution in [0.3, 0.4) is 0 Å². The predicted octanol–water partition coefficient (Wildman–Crippen LogP) is 17.0. The molecule has 2 aromatic rings. The molecule has 0 fully saturated rings. The number of hydrogen-bond donors (Lipinski definition) is 0. The van der Waals surface area contributed by atoms with E-state index in [1.54, 1.807) is 22.7 Å². The molecule has 3 nitrogen and oxygen atoms in total. The molecule has 0 radical (unpaired) electrons. The average molecular weight is 920 g/mol. The summed E-state index contributed by atoms with van der Waals surface area (Å²) in [5.41, 5.74) is 3.50. The van der Waals surface area contributed by atoms with Gasteiger partial charge in [-0.15, -0.1) is 22.7 Å². The highest BCUT2D eigenvalue weighted by molar-refractivity contribution is 9.11. The lowest BCUT2D eigenvalue weighted by Gasteiger charge is -2.28. The van der Waals surface area contributed by atoms with E-state index in [1.165, 1.54) is 135 Å². The third-order valence-corrected chi connectivity index (χ3v) is 15.5. The number of fused-ring (bicyclic) bond motifs is 1. The minimum atomic E-state index is 0.0786. The van der Waals surface area contributed by atoms with Crippen molar-refractivity contribution in [2.75, 3.05) is 6.54 Å². The zero-order valence-electron chi connectivity index (χ0n) is 35.0. The smallest absolute Gasteiger partial charge is 0.259 e. The van der Waals surface area contributed by atoms with E-state index < -0.39 is 0 Å². The SMILES string of the molecule is CCCCCCCCC(CCCCCC)CN1C(=O)C2=C(c3ccc(Br)s3)C(CC(CCCCCC)CCCCCCC)CCC(=O)C2=C1c1ccc(Br)s1. The van der Waals surface area contributed by atoms with Gasteiger partial charge in [-0.25, -0.2) is 0 Å². The molecule has 1 aliphatic heterocycles. The van der Waals surface area contributed by atoms with E-state index in [0.29, 0.717) is 30.4 Å². The lowest BCUT2D eigenvalue weighted by molar-refractivity contribution is -0.124. The Morgan fingerprint density at radius 2 is 1.05 bits per heavy atom. The molecule has 4 rings (SSSR count). The highest BCUT2D eigenvalue weighted by Gasteiger charge is 2.45. The van der Waals surface area contributed by atoms with E-state index in [4.69, 9.17) is 0 Å². The Balaban J connectivity index is 1.76. The van der Waals surface area contributed by atoms with Crippen molar-refractivity contribution in [2.45, 2.75) is 195 Å². The van der Waals surface area contributed by atoms with Gasteiger partial charge in [-0.05, 0) is 105 Å². The van der Waals surface area contributed by atoms with Crippen molar-refractivity contribution in [3.63, 3.8) is 0 Å². The second kappa shape index (κ2) is 26.2. The normalized spacial score (nSPS) is 17.4. The molecule has 0 N–H and O–H groups in total. The summed E-state index contributed by atoms with van der Waals surface area (Å²) in [6, 6.07) is 8.57. The number of thiophene rings is 2. The number of nitrogens with zero attached hydrogens (tertiary/aromatic N) is 1. The lowest BCUT2D eigenvalue weighted by Crippen LogP contribution is -2.31. The van der Waals surface area contributed by atoms with Gasteiger partial charge in [0.2, 0.25) is 0 Å². The van der Waals surface area contributed by atoms with Gasteiger partial charge in [-0.3, -0.25) is 9.59 Å². The summed E-state index contributed by atoms with van der Waals surface area (Å²) in [4.78, 5) is 34.3. The Bertz CT molecular complexity index is 1500. The van der Waals surface area contributed by atoms with Crippen LogP contribution in [0.2, 0.25) is 0 Å². The number of hydrogen-bond acceptors (Lipinski definition) is 4. The molecule has 0 aromatic carbocycles. The number of amides is 1. The summed E-state index contributed by atoms with van der Waals surface area (Å²) in [7, 11) is 0. The van der Waals surface area contributed by atoms with E-state index in [2.05, 4.69) is 88.7 Å². The van der Waals surface area contributed by atoms with Gasteiger partial charge in [0.1, 0.15) is 0 Å². The van der Waals surface area contributed by atoms with Crippen molar-refractivity contribution in [1.29, 1.82) is 0 Å². The van der Waals surface area contributed by atoms with E-state index in [9.17, 15) is 4.79 Å². The van der Waals surface area contributed by atoms with Crippen molar-refractivity contribution < 1.29 is 9.59 Å². The third-order valence-electron chi connectivity index (χ3n) is 12.2. The minimum Gasteiger partial charge on any atom is -0.306 e. The van der Waals surface area contributed by atoms with Crippen LogP contribution in [0.1, 0.15) is 204 Å². The van der Waals surface area contributed by atoms with Crippen LogP contribution in [0, 0.1) is 17.8 Å². The molecule has 0 saturated heterocycles. The molecular weight excluding hydrogens is 846 g/mol. The van der Waals surface area contributed by atoms with E-state index in [-0.39, 0.29) is 17.6 Å². The fourth-order valence-corrected chi connectivity index (χ4v) is 12.1. The molecule has 308 valence electrons.